The van der Waals surface area contributed by atoms with E-state index >= 15 is 0 Å². The molecule has 1 unspecified atom stereocenters. The molecule has 5 nitrogen and oxygen atoms in total. The molecular weight excluding hydrogens is 334 g/mol. The van der Waals surface area contributed by atoms with Gasteiger partial charge in [-0.15, -0.1) is 0 Å². The van der Waals surface area contributed by atoms with Gasteiger partial charge in [0.05, 0.1) is 11.4 Å². The minimum atomic E-state index is -3.53. The molecule has 0 radical (unpaired) electrons. The topological polar surface area (TPSA) is 55.2 Å². The summed E-state index contributed by atoms with van der Waals surface area (Å²) in [5.74, 6) is 0.250. The van der Waals surface area contributed by atoms with Crippen LogP contribution in [0.15, 0.2) is 35.2 Å². The summed E-state index contributed by atoms with van der Waals surface area (Å²) in [6.07, 6.45) is 2.99. The molecule has 1 aliphatic heterocycles. The number of sulfonamides is 1. The Labute approximate surface area is 150 Å². The van der Waals surface area contributed by atoms with E-state index in [1.54, 1.807) is 15.9 Å². The molecule has 136 valence electrons. The molecule has 1 atom stereocenters. The van der Waals surface area contributed by atoms with Crippen molar-refractivity contribution in [1.82, 2.24) is 14.1 Å². The molecule has 0 amide bonds. The third-order valence-electron chi connectivity index (χ3n) is 5.12. The second-order valence-corrected chi connectivity index (χ2v) is 8.66. The van der Waals surface area contributed by atoms with Crippen LogP contribution in [0, 0.1) is 13.8 Å². The van der Waals surface area contributed by atoms with Crippen molar-refractivity contribution >= 4 is 10.0 Å². The minimum Gasteiger partial charge on any atom is -0.268 e. The Morgan fingerprint density at radius 1 is 1.16 bits per heavy atom. The normalized spacial score (nSPS) is 19.7. The lowest BCUT2D eigenvalue weighted by atomic mass is 9.95. The van der Waals surface area contributed by atoms with Crippen molar-refractivity contribution in [2.24, 2.45) is 0 Å². The number of nitrogens with zero attached hydrogens (tertiary/aromatic N) is 3. The Bertz CT molecular complexity index is 828. The van der Waals surface area contributed by atoms with Crippen LogP contribution in [0.1, 0.15) is 49.1 Å². The fraction of sp³-hybridized carbons (Fsp3) is 0.526. The molecule has 0 bridgehead atoms. The van der Waals surface area contributed by atoms with Crippen molar-refractivity contribution in [3.8, 4) is 0 Å². The summed E-state index contributed by atoms with van der Waals surface area (Å²) < 4.78 is 30.2. The zero-order valence-corrected chi connectivity index (χ0v) is 16.1. The molecule has 0 aliphatic carbocycles. The van der Waals surface area contributed by atoms with Gasteiger partial charge in [0, 0.05) is 19.6 Å². The molecule has 6 heteroatoms. The van der Waals surface area contributed by atoms with Crippen LogP contribution in [0.2, 0.25) is 0 Å². The number of hydrogen-bond acceptors (Lipinski definition) is 3. The van der Waals surface area contributed by atoms with E-state index in [4.69, 9.17) is 0 Å². The molecule has 0 N–H and O–H groups in total. The lowest BCUT2D eigenvalue weighted by Crippen LogP contribution is -2.34. The Balaban J connectivity index is 1.95. The zero-order chi connectivity index (χ0) is 18.0. The summed E-state index contributed by atoms with van der Waals surface area (Å²) in [6, 6.07) is 10.3. The van der Waals surface area contributed by atoms with Crippen LogP contribution in [-0.2, 0) is 16.6 Å². The van der Waals surface area contributed by atoms with Crippen molar-refractivity contribution in [1.29, 1.82) is 0 Å². The highest BCUT2D eigenvalue weighted by Crippen LogP contribution is 2.31. The predicted octanol–water partition coefficient (Wildman–Crippen LogP) is 3.48. The zero-order valence-electron chi connectivity index (χ0n) is 15.3. The molecule has 25 heavy (non-hydrogen) atoms. The van der Waals surface area contributed by atoms with Crippen molar-refractivity contribution in [3.05, 3.63) is 47.3 Å². The molecular formula is C19H27N3O2S. The van der Waals surface area contributed by atoms with E-state index in [1.165, 1.54) is 5.56 Å². The van der Waals surface area contributed by atoms with Crippen molar-refractivity contribution < 1.29 is 8.42 Å². The van der Waals surface area contributed by atoms with E-state index in [-0.39, 0.29) is 5.92 Å². The molecule has 1 aromatic carbocycles. The van der Waals surface area contributed by atoms with E-state index in [0.717, 1.165) is 25.0 Å². The smallest absolute Gasteiger partial charge is 0.246 e. The third kappa shape index (κ3) is 3.51. The van der Waals surface area contributed by atoms with Crippen LogP contribution in [0.25, 0.3) is 0 Å². The molecule has 3 rings (SSSR count). The first kappa shape index (κ1) is 18.1. The Morgan fingerprint density at radius 2 is 1.88 bits per heavy atom. The molecule has 1 fully saturated rings. The predicted molar refractivity (Wildman–Crippen MR) is 99.2 cm³/mol. The van der Waals surface area contributed by atoms with E-state index < -0.39 is 10.0 Å². The average Bonchev–Trinajstić information content (AvgIpc) is 2.79. The Hall–Kier alpha value is -1.66. The number of hydrogen-bond donors (Lipinski definition) is 0. The van der Waals surface area contributed by atoms with Gasteiger partial charge in [-0.2, -0.15) is 9.40 Å². The summed E-state index contributed by atoms with van der Waals surface area (Å²) in [5.41, 5.74) is 2.56. The van der Waals surface area contributed by atoms with Gasteiger partial charge in [0.15, 0.2) is 0 Å². The molecule has 1 saturated heterocycles. The van der Waals surface area contributed by atoms with Gasteiger partial charge in [-0.05, 0) is 45.1 Å². The highest BCUT2D eigenvalue weighted by atomic mass is 32.2. The van der Waals surface area contributed by atoms with E-state index in [9.17, 15) is 8.42 Å². The van der Waals surface area contributed by atoms with Gasteiger partial charge < -0.3 is 0 Å². The maximum atomic E-state index is 13.4. The molecule has 0 saturated carbocycles. The summed E-state index contributed by atoms with van der Waals surface area (Å²) in [5, 5.41) is 4.40. The summed E-state index contributed by atoms with van der Waals surface area (Å²) in [6.45, 7) is 7.42. The Kier molecular flexibility index (Phi) is 5.29. The van der Waals surface area contributed by atoms with Crippen LogP contribution in [-0.4, -0.2) is 35.6 Å². The maximum Gasteiger partial charge on any atom is 0.246 e. The monoisotopic (exact) mass is 361 g/mol. The van der Waals surface area contributed by atoms with E-state index in [2.05, 4.69) is 17.2 Å². The van der Waals surface area contributed by atoms with Crippen molar-refractivity contribution in [2.75, 3.05) is 13.1 Å². The van der Waals surface area contributed by atoms with Gasteiger partial charge in [0.25, 0.3) is 0 Å². The second kappa shape index (κ2) is 7.30. The van der Waals surface area contributed by atoms with Crippen LogP contribution < -0.4 is 0 Å². The maximum absolute atomic E-state index is 13.4. The van der Waals surface area contributed by atoms with Crippen LogP contribution in [0.3, 0.4) is 0 Å². The van der Waals surface area contributed by atoms with Crippen molar-refractivity contribution in [3.63, 3.8) is 0 Å². The van der Waals surface area contributed by atoms with Gasteiger partial charge in [-0.3, -0.25) is 4.68 Å². The Morgan fingerprint density at radius 3 is 2.52 bits per heavy atom. The number of benzene rings is 1. The van der Waals surface area contributed by atoms with Gasteiger partial charge in [0.2, 0.25) is 10.0 Å². The van der Waals surface area contributed by atoms with E-state index in [1.807, 2.05) is 32.0 Å². The number of aryl methyl sites for hydroxylation is 2. The molecule has 1 aliphatic rings. The van der Waals surface area contributed by atoms with Gasteiger partial charge in [-0.25, -0.2) is 8.42 Å². The fourth-order valence-electron chi connectivity index (χ4n) is 3.81. The second-order valence-electron chi connectivity index (χ2n) is 6.78. The molecule has 2 heterocycles. The number of aromatic nitrogens is 2. The summed E-state index contributed by atoms with van der Waals surface area (Å²) in [4.78, 5) is 0.392. The quantitative estimate of drug-likeness (QED) is 0.838. The molecule has 2 aromatic rings. The molecule has 1 aromatic heterocycles. The standard InChI is InChI=1S/C19H27N3O2S/c1-4-22-16(3)19(15(2)20-22)25(23,24)21-13-9-8-12-18(14-21)17-10-6-5-7-11-17/h5-7,10-11,18H,4,8-9,12-14H2,1-3H3. The first-order valence-electron chi connectivity index (χ1n) is 9.04. The minimum absolute atomic E-state index is 0.250. The fourth-order valence-corrected chi connectivity index (χ4v) is 5.71. The lowest BCUT2D eigenvalue weighted by Gasteiger charge is -2.24. The largest absolute Gasteiger partial charge is 0.268 e. The van der Waals surface area contributed by atoms with Crippen LogP contribution >= 0.6 is 0 Å². The third-order valence-corrected chi connectivity index (χ3v) is 7.24. The SMILES string of the molecule is CCn1nc(C)c(S(=O)(=O)N2CCCCC(c3ccccc3)C2)c1C. The van der Waals surface area contributed by atoms with Crippen molar-refractivity contribution in [2.45, 2.75) is 57.4 Å². The summed E-state index contributed by atoms with van der Waals surface area (Å²) in [7, 11) is -3.53. The highest BCUT2D eigenvalue weighted by Gasteiger charge is 2.33. The van der Waals surface area contributed by atoms with Crippen LogP contribution in [0.4, 0.5) is 0 Å². The van der Waals surface area contributed by atoms with Crippen LogP contribution in [0.5, 0.6) is 0 Å². The first-order valence-corrected chi connectivity index (χ1v) is 10.5. The highest BCUT2D eigenvalue weighted by molar-refractivity contribution is 7.89. The lowest BCUT2D eigenvalue weighted by molar-refractivity contribution is 0.405. The average molecular weight is 362 g/mol. The molecule has 0 spiro atoms. The van der Waals surface area contributed by atoms with Gasteiger partial charge in [0.1, 0.15) is 4.90 Å². The van der Waals surface area contributed by atoms with Gasteiger partial charge in [-0.1, -0.05) is 36.8 Å². The van der Waals surface area contributed by atoms with E-state index in [0.29, 0.717) is 30.2 Å². The summed E-state index contributed by atoms with van der Waals surface area (Å²) >= 11 is 0. The van der Waals surface area contributed by atoms with Gasteiger partial charge >= 0.3 is 0 Å². The first-order chi connectivity index (χ1) is 11.9. The number of rotatable bonds is 4.